The smallest absolute Gasteiger partial charge is 0.337 e. The number of hydrogen-bond acceptors (Lipinski definition) is 15. The van der Waals surface area contributed by atoms with E-state index in [0.29, 0.717) is 48.3 Å². The van der Waals surface area contributed by atoms with Gasteiger partial charge in [-0.25, -0.2) is 31.4 Å². The number of nitrogens with zero attached hydrogens (tertiary/aromatic N) is 1. The lowest BCUT2D eigenvalue weighted by molar-refractivity contribution is -0.894. The molecule has 25 heteroatoms. The lowest BCUT2D eigenvalue weighted by Crippen LogP contribution is -3.11. The van der Waals surface area contributed by atoms with Gasteiger partial charge in [0, 0.05) is 70.1 Å². The Morgan fingerprint density at radius 2 is 1.48 bits per heavy atom. The minimum atomic E-state index is -5.55. The van der Waals surface area contributed by atoms with Crippen molar-refractivity contribution in [1.29, 1.82) is 0 Å². The Kier molecular flexibility index (Phi) is 18.5. The molecule has 4 aliphatic heterocycles. The van der Waals surface area contributed by atoms with Crippen LogP contribution in [-0.4, -0.2) is 109 Å². The highest BCUT2D eigenvalue weighted by atomic mass is 35.5. The molecule has 75 heavy (non-hydrogen) atoms. The summed E-state index contributed by atoms with van der Waals surface area (Å²) in [7, 11) is -11.1. The molecule has 0 aromatic heterocycles. The zero-order chi connectivity index (χ0) is 55.9. The third-order valence-corrected chi connectivity index (χ3v) is 17.9. The first-order chi connectivity index (χ1) is 34.9. The van der Waals surface area contributed by atoms with Gasteiger partial charge in [0.15, 0.2) is 21.9 Å². The van der Waals surface area contributed by atoms with E-state index in [0.717, 1.165) is 11.8 Å². The zero-order valence-electron chi connectivity index (χ0n) is 43.1. The third kappa shape index (κ3) is 12.9. The molecule has 0 saturated carbocycles. The number of quaternary nitrogens is 1. The Bertz CT molecular complexity index is 3200. The Hall–Kier alpha value is -4.52. The maximum Gasteiger partial charge on any atom is 0.337 e. The fraction of sp³-hybridized carbons (Fsp3) is 0.520. The molecule has 1 fully saturated rings. The van der Waals surface area contributed by atoms with Gasteiger partial charge >= 0.3 is 11.9 Å². The molecule has 410 valence electrons. The number of amides is 3. The van der Waals surface area contributed by atoms with Crippen LogP contribution in [0.25, 0.3) is 5.57 Å². The molecule has 4 heterocycles. The van der Waals surface area contributed by atoms with Crippen LogP contribution in [0.4, 0.5) is 5.69 Å². The molecule has 1 saturated heterocycles. The molecule has 0 aliphatic carbocycles. The lowest BCUT2D eigenvalue weighted by Gasteiger charge is -2.40. The second-order valence-corrected chi connectivity index (χ2v) is 25.1. The van der Waals surface area contributed by atoms with Gasteiger partial charge in [0.05, 0.1) is 51.7 Å². The number of carboxylic acids is 1. The highest BCUT2D eigenvalue weighted by Gasteiger charge is 2.43. The molecule has 0 spiro atoms. The van der Waals surface area contributed by atoms with E-state index < -0.39 is 115 Å². The first-order valence-corrected chi connectivity index (χ1v) is 29.5. The van der Waals surface area contributed by atoms with Crippen LogP contribution in [-0.2, 0) is 44.3 Å². The fourth-order valence-corrected chi connectivity index (χ4v) is 13.8. The number of rotatable bonds is 17. The Morgan fingerprint density at radius 3 is 2.04 bits per heavy atom. The number of fused-ring (bicyclic) bond motifs is 4. The maximum atomic E-state index is 13.5. The van der Waals surface area contributed by atoms with E-state index >= 15 is 0 Å². The van der Waals surface area contributed by atoms with Crippen LogP contribution in [0.15, 0.2) is 26.8 Å². The summed E-state index contributed by atoms with van der Waals surface area (Å²) in [6, 6.07) is 3.01. The highest BCUT2D eigenvalue weighted by Crippen LogP contribution is 2.54. The van der Waals surface area contributed by atoms with E-state index in [1.807, 2.05) is 0 Å². The van der Waals surface area contributed by atoms with Crippen LogP contribution in [0.3, 0.4) is 0 Å². The summed E-state index contributed by atoms with van der Waals surface area (Å²) in [4.78, 5) is 69.9. The largest absolute Gasteiger partial charge is 0.744 e. The lowest BCUT2D eigenvalue weighted by atomic mass is 9.79. The second-order valence-electron chi connectivity index (χ2n) is 20.3. The van der Waals surface area contributed by atoms with E-state index in [1.165, 1.54) is 31.8 Å². The summed E-state index contributed by atoms with van der Waals surface area (Å²) in [5, 5.41) is 15.5. The van der Waals surface area contributed by atoms with Crippen molar-refractivity contribution < 1.29 is 74.5 Å². The van der Waals surface area contributed by atoms with Crippen LogP contribution in [0, 0.1) is 0 Å². The van der Waals surface area contributed by atoms with Gasteiger partial charge in [-0.1, -0.05) is 55.1 Å². The maximum absolute atomic E-state index is 13.5. The predicted octanol–water partition coefficient (Wildman–Crippen LogP) is 4.50. The molecule has 3 aromatic rings. The van der Waals surface area contributed by atoms with E-state index in [2.05, 4.69) is 36.4 Å². The Labute approximate surface area is 455 Å². The van der Waals surface area contributed by atoms with E-state index in [4.69, 9.17) is 44.4 Å². The monoisotopic (exact) mass is 1160 g/mol. The minimum absolute atomic E-state index is 0.0328. The molecule has 7 rings (SSSR count). The first-order valence-electron chi connectivity index (χ1n) is 24.6. The molecule has 19 nitrogen and oxygen atoms in total. The van der Waals surface area contributed by atoms with Crippen LogP contribution in [0.1, 0.15) is 158 Å². The number of nitrogens with one attached hydrogen (secondary N) is 4. The molecular formula is C50H62Cl3N5O14S3. The van der Waals surface area contributed by atoms with E-state index in [9.17, 15) is 55.0 Å². The summed E-state index contributed by atoms with van der Waals surface area (Å²) in [5.41, 5.74) is -2.57. The zero-order valence-corrected chi connectivity index (χ0v) is 47.8. The molecule has 5 N–H and O–H groups in total. The number of ether oxygens (including phenoxy) is 1. The van der Waals surface area contributed by atoms with Gasteiger partial charge < -0.3 is 39.3 Å². The van der Waals surface area contributed by atoms with Crippen molar-refractivity contribution >= 4 is 108 Å². The van der Waals surface area contributed by atoms with Crippen LogP contribution in [0.2, 0.25) is 15.1 Å². The summed E-state index contributed by atoms with van der Waals surface area (Å²) in [6.07, 6.45) is 1.93. The number of halogens is 3. The number of carbonyl (C=O) groups is 5. The SMILES string of the molecule is CC1CC(C)(C)Nc2c1cc1c(c2S(=O)(=O)[O-])Oc2c(S(=O)(=O)[O-])c3c(cc2=C1c1c(Cl)c(SCC(=O)NCCCCCC(=O)ON2C(=O)CCC2=O)c(Cl)c(Cl)c1C(=O)O)C(C)CC(C)(C)[NH+]=3.CC[NH+](CC)CC. The number of benzene rings is 3. The number of hydrogen-bond donors (Lipinski definition) is 5. The third-order valence-electron chi connectivity index (χ3n) is 13.6. The average molecular weight is 1160 g/mol. The average Bonchev–Trinajstić information content (AvgIpc) is 3.60. The van der Waals surface area contributed by atoms with Crippen LogP contribution >= 0.6 is 46.6 Å². The van der Waals surface area contributed by atoms with Crippen LogP contribution in [0.5, 0.6) is 11.5 Å². The number of thioether (sulfide) groups is 1. The molecule has 3 amide bonds. The molecule has 4 aliphatic rings. The molecule has 2 unspecified atom stereocenters. The Balaban J connectivity index is 0.00000122. The van der Waals surface area contributed by atoms with E-state index in [1.54, 1.807) is 46.4 Å². The number of anilines is 1. The van der Waals surface area contributed by atoms with Crippen LogP contribution < -0.4 is 35.8 Å². The number of carboxylic acid groups (broad SMARTS) is 1. The molecule has 3 aromatic carbocycles. The number of imide groups is 1. The van der Waals surface area contributed by atoms with Gasteiger partial charge in [0.25, 0.3) is 11.8 Å². The summed E-state index contributed by atoms with van der Waals surface area (Å²) in [6.45, 7) is 21.4. The summed E-state index contributed by atoms with van der Waals surface area (Å²) in [5.74, 6) is -6.74. The number of aromatic carboxylic acids is 1. The van der Waals surface area contributed by atoms with Crippen molar-refractivity contribution in [3.8, 4) is 11.5 Å². The van der Waals surface area contributed by atoms with Gasteiger partial charge in [0.2, 0.25) is 11.3 Å². The molecule has 0 bridgehead atoms. The normalized spacial score (nSPS) is 18.3. The number of carbonyl (C=O) groups excluding carboxylic acids is 4. The van der Waals surface area contributed by atoms with Crippen molar-refractivity contribution in [2.75, 3.05) is 37.2 Å². The van der Waals surface area contributed by atoms with Gasteiger partial charge in [-0.05, 0) is 97.3 Å². The van der Waals surface area contributed by atoms with Crippen molar-refractivity contribution in [3.63, 3.8) is 0 Å². The van der Waals surface area contributed by atoms with Gasteiger partial charge in [-0.2, -0.15) is 0 Å². The predicted molar refractivity (Wildman–Crippen MR) is 278 cm³/mol. The number of unbranched alkanes of at least 4 members (excludes halogenated alkanes) is 2. The van der Waals surface area contributed by atoms with Crippen molar-refractivity contribution in [2.24, 2.45) is 0 Å². The Morgan fingerprint density at radius 1 is 0.880 bits per heavy atom. The standard InChI is InChI=1S/C44H47Cl3N4O14S3.C6H15N/c1-19-16-43(3,4)49-35-21(19)14-23-29(24-15-22-20(2)17-44(5,6)50-36(22)41(68(61,62)63)38(24)64-37(23)40(35)67(58,59)60)30-31(42(56)57)32(45)34(47)39(33(30)46)66-18-25(52)48-13-9-7-8-10-28(55)65-51-26(53)11-12-27(51)54;1-4-7(5-2)6-3/h14-15,19-20,49H,7-13,16-18H2,1-6H3,(H,48,52)(H,56,57)(H,58,59,60)(H,61,62,63);4-6H2,1-3H3. The highest BCUT2D eigenvalue weighted by molar-refractivity contribution is 8.00. The van der Waals surface area contributed by atoms with Crippen molar-refractivity contribution in [2.45, 2.75) is 151 Å². The fourth-order valence-electron chi connectivity index (χ4n) is 10.2. The first kappa shape index (κ1) is 59.7. The van der Waals surface area contributed by atoms with Gasteiger partial charge in [-0.3, -0.25) is 14.4 Å². The molecule has 2 atom stereocenters. The van der Waals surface area contributed by atoms with Crippen molar-refractivity contribution in [1.82, 2.24) is 10.4 Å². The molecule has 0 radical (unpaired) electrons. The minimum Gasteiger partial charge on any atom is -0.744 e. The van der Waals surface area contributed by atoms with E-state index in [-0.39, 0.29) is 68.9 Å². The van der Waals surface area contributed by atoms with Gasteiger partial charge in [-0.15, -0.1) is 16.8 Å². The summed E-state index contributed by atoms with van der Waals surface area (Å²) >= 11 is 21.6. The summed E-state index contributed by atoms with van der Waals surface area (Å²) < 4.78 is 87.6. The van der Waals surface area contributed by atoms with Crippen molar-refractivity contribution in [3.05, 3.63) is 65.6 Å². The topological polar surface area (TPSA) is 284 Å². The van der Waals surface area contributed by atoms with Gasteiger partial charge in [0.1, 0.15) is 25.1 Å². The molecular weight excluding hydrogens is 1100 g/mol. The second kappa shape index (κ2) is 23.2. The number of hydroxylamine groups is 2. The quantitative estimate of drug-likeness (QED) is 0.0320.